The Hall–Kier alpha value is -1.43. The fourth-order valence-corrected chi connectivity index (χ4v) is 4.38. The molecule has 2 heterocycles. The van der Waals surface area contributed by atoms with Gasteiger partial charge in [0.2, 0.25) is 5.91 Å². The van der Waals surface area contributed by atoms with Crippen molar-refractivity contribution >= 4 is 55.4 Å². The number of halogens is 1. The van der Waals surface area contributed by atoms with Crippen molar-refractivity contribution in [3.05, 3.63) is 45.2 Å². The van der Waals surface area contributed by atoms with E-state index in [0.717, 1.165) is 27.8 Å². The molecule has 0 saturated carbocycles. The SMILES string of the molecule is CCC(C)(C)c1csc(NC(=O)Cc2csc3ccc(Cl)cc23)n1. The summed E-state index contributed by atoms with van der Waals surface area (Å²) in [6, 6.07) is 5.78. The maximum atomic E-state index is 12.4. The van der Waals surface area contributed by atoms with Crippen molar-refractivity contribution in [2.45, 2.75) is 39.0 Å². The Morgan fingerprint density at radius 1 is 1.29 bits per heavy atom. The topological polar surface area (TPSA) is 42.0 Å². The van der Waals surface area contributed by atoms with Crippen molar-refractivity contribution in [1.82, 2.24) is 4.98 Å². The Morgan fingerprint density at radius 3 is 2.83 bits per heavy atom. The van der Waals surface area contributed by atoms with Gasteiger partial charge in [-0.1, -0.05) is 32.4 Å². The van der Waals surface area contributed by atoms with Crippen LogP contribution in [0.2, 0.25) is 5.02 Å². The summed E-state index contributed by atoms with van der Waals surface area (Å²) in [5.41, 5.74) is 2.05. The van der Waals surface area contributed by atoms with Gasteiger partial charge in [-0.15, -0.1) is 22.7 Å². The molecule has 0 aliphatic carbocycles. The first-order valence-electron chi connectivity index (χ1n) is 7.80. The van der Waals surface area contributed by atoms with Crippen LogP contribution in [0.1, 0.15) is 38.4 Å². The van der Waals surface area contributed by atoms with Crippen molar-refractivity contribution in [3.8, 4) is 0 Å². The van der Waals surface area contributed by atoms with Gasteiger partial charge in [-0.3, -0.25) is 4.79 Å². The Labute approximate surface area is 154 Å². The third kappa shape index (κ3) is 3.63. The molecule has 0 fully saturated rings. The summed E-state index contributed by atoms with van der Waals surface area (Å²) in [5.74, 6) is -0.0510. The van der Waals surface area contributed by atoms with Crippen LogP contribution >= 0.6 is 34.3 Å². The van der Waals surface area contributed by atoms with E-state index >= 15 is 0 Å². The largest absolute Gasteiger partial charge is 0.302 e. The standard InChI is InChI=1S/C18H19ClN2OS2/c1-4-18(2,3)15-10-24-17(20-15)21-16(22)7-11-9-23-14-6-5-12(19)8-13(11)14/h5-6,8-10H,4,7H2,1-3H3,(H,20,21,22). The molecule has 0 spiro atoms. The summed E-state index contributed by atoms with van der Waals surface area (Å²) >= 11 is 9.18. The highest BCUT2D eigenvalue weighted by Crippen LogP contribution is 2.31. The molecule has 0 saturated heterocycles. The number of hydrogen-bond donors (Lipinski definition) is 1. The highest BCUT2D eigenvalue weighted by Gasteiger charge is 2.22. The van der Waals surface area contributed by atoms with Crippen molar-refractivity contribution in [2.75, 3.05) is 5.32 Å². The minimum atomic E-state index is -0.0510. The fourth-order valence-electron chi connectivity index (χ4n) is 2.35. The average molecular weight is 379 g/mol. The number of benzene rings is 1. The van der Waals surface area contributed by atoms with Crippen molar-refractivity contribution in [3.63, 3.8) is 0 Å². The molecule has 0 radical (unpaired) electrons. The van der Waals surface area contributed by atoms with E-state index in [4.69, 9.17) is 11.6 Å². The first-order valence-corrected chi connectivity index (χ1v) is 9.94. The lowest BCUT2D eigenvalue weighted by Gasteiger charge is -2.19. The second-order valence-electron chi connectivity index (χ2n) is 6.40. The van der Waals surface area contributed by atoms with E-state index in [0.29, 0.717) is 16.6 Å². The smallest absolute Gasteiger partial charge is 0.230 e. The number of aromatic nitrogens is 1. The quantitative estimate of drug-likeness (QED) is 0.602. The molecule has 0 aliphatic heterocycles. The summed E-state index contributed by atoms with van der Waals surface area (Å²) in [7, 11) is 0. The number of amides is 1. The number of rotatable bonds is 5. The highest BCUT2D eigenvalue weighted by molar-refractivity contribution is 7.17. The van der Waals surface area contributed by atoms with Crippen LogP contribution < -0.4 is 5.32 Å². The maximum absolute atomic E-state index is 12.4. The number of thiazole rings is 1. The number of hydrogen-bond acceptors (Lipinski definition) is 4. The predicted molar refractivity (Wildman–Crippen MR) is 105 cm³/mol. The summed E-state index contributed by atoms with van der Waals surface area (Å²) in [6.45, 7) is 6.47. The van der Waals surface area contributed by atoms with Gasteiger partial charge in [0.15, 0.2) is 5.13 Å². The van der Waals surface area contributed by atoms with E-state index in [1.165, 1.54) is 11.3 Å². The van der Waals surface area contributed by atoms with Gasteiger partial charge in [0.1, 0.15) is 0 Å². The van der Waals surface area contributed by atoms with Crippen LogP contribution in [0.4, 0.5) is 5.13 Å². The number of carbonyl (C=O) groups is 1. The molecule has 3 nitrogen and oxygen atoms in total. The molecule has 126 valence electrons. The molecule has 1 amide bonds. The first kappa shape index (κ1) is 17.4. The highest BCUT2D eigenvalue weighted by atomic mass is 35.5. The molecule has 6 heteroatoms. The van der Waals surface area contributed by atoms with E-state index in [2.05, 4.69) is 31.1 Å². The van der Waals surface area contributed by atoms with Crippen LogP contribution in [0.25, 0.3) is 10.1 Å². The average Bonchev–Trinajstić information content (AvgIpc) is 3.15. The molecular formula is C18H19ClN2OS2. The molecule has 3 rings (SSSR count). The number of nitrogens with zero attached hydrogens (tertiary/aromatic N) is 1. The second-order valence-corrected chi connectivity index (χ2v) is 8.61. The Morgan fingerprint density at radius 2 is 2.08 bits per heavy atom. The zero-order valence-corrected chi connectivity index (χ0v) is 16.2. The molecule has 0 bridgehead atoms. The van der Waals surface area contributed by atoms with Gasteiger partial charge in [0.05, 0.1) is 12.1 Å². The lowest BCUT2D eigenvalue weighted by atomic mass is 9.87. The number of nitrogens with one attached hydrogen (secondary N) is 1. The fraction of sp³-hybridized carbons (Fsp3) is 0.333. The van der Waals surface area contributed by atoms with Crippen LogP contribution in [0, 0.1) is 0 Å². The third-order valence-electron chi connectivity index (χ3n) is 4.29. The first-order chi connectivity index (χ1) is 11.4. The van der Waals surface area contributed by atoms with E-state index < -0.39 is 0 Å². The van der Waals surface area contributed by atoms with Gasteiger partial charge in [-0.25, -0.2) is 4.98 Å². The van der Waals surface area contributed by atoms with Crippen LogP contribution in [-0.4, -0.2) is 10.9 Å². The molecular weight excluding hydrogens is 360 g/mol. The molecule has 0 aliphatic rings. The van der Waals surface area contributed by atoms with Crippen molar-refractivity contribution in [1.29, 1.82) is 0 Å². The molecule has 1 N–H and O–H groups in total. The minimum Gasteiger partial charge on any atom is -0.302 e. The maximum Gasteiger partial charge on any atom is 0.230 e. The van der Waals surface area contributed by atoms with Gasteiger partial charge >= 0.3 is 0 Å². The molecule has 0 atom stereocenters. The van der Waals surface area contributed by atoms with Gasteiger partial charge in [-0.05, 0) is 40.9 Å². The van der Waals surface area contributed by atoms with Gasteiger partial charge < -0.3 is 5.32 Å². The summed E-state index contributed by atoms with van der Waals surface area (Å²) in [4.78, 5) is 16.9. The Balaban J connectivity index is 1.72. The van der Waals surface area contributed by atoms with Crippen LogP contribution in [0.3, 0.4) is 0 Å². The van der Waals surface area contributed by atoms with E-state index in [1.54, 1.807) is 11.3 Å². The van der Waals surface area contributed by atoms with Crippen LogP contribution in [0.15, 0.2) is 29.0 Å². The van der Waals surface area contributed by atoms with Crippen molar-refractivity contribution in [2.24, 2.45) is 0 Å². The summed E-state index contributed by atoms with van der Waals surface area (Å²) in [5, 5.41) is 9.37. The van der Waals surface area contributed by atoms with Crippen LogP contribution in [-0.2, 0) is 16.6 Å². The molecule has 1 aromatic carbocycles. The Kier molecular flexibility index (Phi) is 4.95. The van der Waals surface area contributed by atoms with E-state index in [1.807, 2.05) is 29.0 Å². The lowest BCUT2D eigenvalue weighted by Crippen LogP contribution is -2.17. The van der Waals surface area contributed by atoms with Crippen molar-refractivity contribution < 1.29 is 4.79 Å². The zero-order chi connectivity index (χ0) is 17.3. The number of carbonyl (C=O) groups excluding carboxylic acids is 1. The van der Waals surface area contributed by atoms with Gasteiger partial charge in [0.25, 0.3) is 0 Å². The van der Waals surface area contributed by atoms with Crippen LogP contribution in [0.5, 0.6) is 0 Å². The zero-order valence-electron chi connectivity index (χ0n) is 13.9. The molecule has 2 aromatic heterocycles. The molecule has 3 aromatic rings. The number of fused-ring (bicyclic) bond motifs is 1. The summed E-state index contributed by atoms with van der Waals surface area (Å²) < 4.78 is 1.14. The number of anilines is 1. The number of thiophene rings is 1. The van der Waals surface area contributed by atoms with E-state index in [9.17, 15) is 4.79 Å². The van der Waals surface area contributed by atoms with E-state index in [-0.39, 0.29) is 11.3 Å². The molecule has 0 unspecified atom stereocenters. The Bertz CT molecular complexity index is 882. The predicted octanol–water partition coefficient (Wildman–Crippen LogP) is 5.88. The van der Waals surface area contributed by atoms with Gasteiger partial charge in [0, 0.05) is 20.5 Å². The summed E-state index contributed by atoms with van der Waals surface area (Å²) in [6.07, 6.45) is 1.33. The normalized spacial score (nSPS) is 11.8. The second kappa shape index (κ2) is 6.82. The third-order valence-corrected chi connectivity index (χ3v) is 6.30. The van der Waals surface area contributed by atoms with Gasteiger partial charge in [-0.2, -0.15) is 0 Å². The lowest BCUT2D eigenvalue weighted by molar-refractivity contribution is -0.115. The molecule has 24 heavy (non-hydrogen) atoms. The monoisotopic (exact) mass is 378 g/mol. The minimum absolute atomic E-state index is 0.0276.